The van der Waals surface area contributed by atoms with Crippen molar-refractivity contribution in [3.63, 3.8) is 0 Å². The average Bonchev–Trinajstić information content (AvgIpc) is 3.54. The number of piperazine rings is 1. The Hall–Kier alpha value is -2.31. The molecule has 3 atom stereocenters. The highest BCUT2D eigenvalue weighted by Crippen LogP contribution is 2.51. The highest BCUT2D eigenvalue weighted by atomic mass is 35.5. The zero-order valence-corrected chi connectivity index (χ0v) is 16.8. The van der Waals surface area contributed by atoms with Crippen LogP contribution in [0.2, 0.25) is 0 Å². The molecule has 2 aliphatic heterocycles. The van der Waals surface area contributed by atoms with Crippen molar-refractivity contribution in [2.24, 2.45) is 5.92 Å². The van der Waals surface area contributed by atoms with Crippen molar-refractivity contribution in [1.82, 2.24) is 10.2 Å². The van der Waals surface area contributed by atoms with E-state index in [0.29, 0.717) is 26.3 Å². The molecule has 0 spiro atoms. The molecule has 2 aromatic rings. The lowest BCUT2D eigenvalue weighted by Gasteiger charge is -2.37. The molecule has 1 amide bonds. The van der Waals surface area contributed by atoms with Gasteiger partial charge in [-0.05, 0) is 47.7 Å². The quantitative estimate of drug-likeness (QED) is 0.831. The predicted octanol–water partition coefficient (Wildman–Crippen LogP) is 3.30. The third-order valence-electron chi connectivity index (χ3n) is 5.86. The van der Waals surface area contributed by atoms with Crippen molar-refractivity contribution in [3.05, 3.63) is 59.4 Å². The zero-order valence-electron chi connectivity index (χ0n) is 16.0. The number of ether oxygens (including phenoxy) is 2. The number of amides is 1. The van der Waals surface area contributed by atoms with Crippen LogP contribution in [0.25, 0.3) is 0 Å². The summed E-state index contributed by atoms with van der Waals surface area (Å²) < 4.78 is 25.0. The van der Waals surface area contributed by atoms with Crippen molar-refractivity contribution >= 4 is 18.3 Å². The smallest absolute Gasteiger partial charge is 0.226 e. The van der Waals surface area contributed by atoms with Crippen LogP contribution in [-0.2, 0) is 4.79 Å². The fourth-order valence-electron chi connectivity index (χ4n) is 4.32. The fourth-order valence-corrected chi connectivity index (χ4v) is 4.32. The number of fused-ring (bicyclic) bond motifs is 1. The minimum Gasteiger partial charge on any atom is -0.486 e. The molecule has 2 heterocycles. The normalized spacial score (nSPS) is 25.1. The van der Waals surface area contributed by atoms with E-state index in [2.05, 4.69) is 5.32 Å². The van der Waals surface area contributed by atoms with Crippen molar-refractivity contribution in [1.29, 1.82) is 0 Å². The summed E-state index contributed by atoms with van der Waals surface area (Å²) in [6.45, 7) is 3.18. The Bertz CT molecular complexity index is 909. The van der Waals surface area contributed by atoms with Gasteiger partial charge in [0.2, 0.25) is 5.91 Å². The summed E-state index contributed by atoms with van der Waals surface area (Å²) in [6.07, 6.45) is 0.846. The second-order valence-electron chi connectivity index (χ2n) is 7.66. The first-order chi connectivity index (χ1) is 13.7. The molecule has 29 heavy (non-hydrogen) atoms. The Morgan fingerprint density at radius 1 is 1.07 bits per heavy atom. The van der Waals surface area contributed by atoms with Gasteiger partial charge >= 0.3 is 0 Å². The van der Waals surface area contributed by atoms with Crippen LogP contribution in [0, 0.1) is 11.7 Å². The van der Waals surface area contributed by atoms with E-state index in [-0.39, 0.29) is 42.0 Å². The highest BCUT2D eigenvalue weighted by Gasteiger charge is 2.47. The molecule has 0 aromatic heterocycles. The molecule has 2 fully saturated rings. The monoisotopic (exact) mass is 418 g/mol. The minimum atomic E-state index is -0.268. The van der Waals surface area contributed by atoms with E-state index in [1.807, 2.05) is 29.2 Å². The number of rotatable bonds is 3. The first-order valence-electron chi connectivity index (χ1n) is 9.87. The van der Waals surface area contributed by atoms with Gasteiger partial charge < -0.3 is 19.7 Å². The molecule has 1 aliphatic carbocycles. The molecule has 0 radical (unpaired) electrons. The largest absolute Gasteiger partial charge is 0.486 e. The second-order valence-corrected chi connectivity index (χ2v) is 7.66. The Kier molecular flexibility index (Phi) is 5.65. The Morgan fingerprint density at radius 2 is 1.90 bits per heavy atom. The third kappa shape index (κ3) is 3.91. The summed E-state index contributed by atoms with van der Waals surface area (Å²) >= 11 is 0. The lowest BCUT2D eigenvalue weighted by Crippen LogP contribution is -2.49. The lowest BCUT2D eigenvalue weighted by atomic mass is 10.0. The van der Waals surface area contributed by atoms with Crippen LogP contribution in [0.5, 0.6) is 11.5 Å². The van der Waals surface area contributed by atoms with Gasteiger partial charge in [0.05, 0.1) is 6.04 Å². The van der Waals surface area contributed by atoms with Gasteiger partial charge in [-0.1, -0.05) is 18.2 Å². The number of benzene rings is 2. The second kappa shape index (κ2) is 8.20. The maximum Gasteiger partial charge on any atom is 0.226 e. The van der Waals surface area contributed by atoms with Crippen LogP contribution < -0.4 is 14.8 Å². The summed E-state index contributed by atoms with van der Waals surface area (Å²) in [5.74, 6) is 1.63. The van der Waals surface area contributed by atoms with Crippen molar-refractivity contribution in [3.8, 4) is 11.5 Å². The van der Waals surface area contributed by atoms with Gasteiger partial charge in [-0.25, -0.2) is 4.39 Å². The number of halogens is 2. The SMILES string of the molecule is Cl.O=C(C1CC1c1ccc2c(c1)OCCO2)N1CCNCC1c1cccc(F)c1. The molecule has 154 valence electrons. The summed E-state index contributed by atoms with van der Waals surface area (Å²) in [5.41, 5.74) is 1.97. The maximum absolute atomic E-state index is 13.7. The fraction of sp³-hybridized carbons (Fsp3) is 0.409. The van der Waals surface area contributed by atoms with E-state index in [9.17, 15) is 9.18 Å². The van der Waals surface area contributed by atoms with Crippen LogP contribution in [0.4, 0.5) is 4.39 Å². The van der Waals surface area contributed by atoms with Gasteiger partial charge in [-0.2, -0.15) is 0 Å². The molecule has 5 nitrogen and oxygen atoms in total. The standard InChI is InChI=1S/C22H23FN2O3.ClH/c23-16-3-1-2-15(10-16)19-13-24-6-7-25(19)22(26)18-12-17(18)14-4-5-20-21(11-14)28-9-8-27-20;/h1-5,10-11,17-19,24H,6-9,12-13H2;1H. The molecule has 5 rings (SSSR count). The van der Waals surface area contributed by atoms with E-state index < -0.39 is 0 Å². The van der Waals surface area contributed by atoms with E-state index in [1.54, 1.807) is 6.07 Å². The van der Waals surface area contributed by atoms with Gasteiger partial charge in [0.25, 0.3) is 0 Å². The molecule has 2 aromatic carbocycles. The number of hydrogen-bond acceptors (Lipinski definition) is 4. The Balaban J connectivity index is 0.00000205. The lowest BCUT2D eigenvalue weighted by molar-refractivity contribution is -0.136. The van der Waals surface area contributed by atoms with Gasteiger partial charge in [-0.3, -0.25) is 4.79 Å². The van der Waals surface area contributed by atoms with Gasteiger partial charge in [0, 0.05) is 25.6 Å². The molecule has 3 unspecified atom stereocenters. The van der Waals surface area contributed by atoms with Crippen LogP contribution >= 0.6 is 12.4 Å². The van der Waals surface area contributed by atoms with E-state index >= 15 is 0 Å². The molecule has 1 saturated carbocycles. The highest BCUT2D eigenvalue weighted by molar-refractivity contribution is 5.85. The number of nitrogens with zero attached hydrogens (tertiary/aromatic N) is 1. The summed E-state index contributed by atoms with van der Waals surface area (Å²) in [4.78, 5) is 15.2. The number of carbonyl (C=O) groups excluding carboxylic acids is 1. The summed E-state index contributed by atoms with van der Waals surface area (Å²) in [6, 6.07) is 12.4. The van der Waals surface area contributed by atoms with E-state index in [0.717, 1.165) is 35.6 Å². The van der Waals surface area contributed by atoms with Crippen molar-refractivity contribution in [2.45, 2.75) is 18.4 Å². The topological polar surface area (TPSA) is 50.8 Å². The zero-order chi connectivity index (χ0) is 19.1. The molecule has 0 bridgehead atoms. The Labute approximate surface area is 175 Å². The first kappa shape index (κ1) is 20.0. The molecular formula is C22H24ClFN2O3. The molecule has 3 aliphatic rings. The number of hydrogen-bond donors (Lipinski definition) is 1. The molecular weight excluding hydrogens is 395 g/mol. The van der Waals surface area contributed by atoms with Gasteiger partial charge in [0.15, 0.2) is 11.5 Å². The minimum absolute atomic E-state index is 0. The first-order valence-corrected chi connectivity index (χ1v) is 9.87. The van der Waals surface area contributed by atoms with E-state index in [4.69, 9.17) is 9.47 Å². The van der Waals surface area contributed by atoms with Crippen molar-refractivity contribution in [2.75, 3.05) is 32.8 Å². The predicted molar refractivity (Wildman–Crippen MR) is 109 cm³/mol. The average molecular weight is 419 g/mol. The molecule has 7 heteroatoms. The van der Waals surface area contributed by atoms with Gasteiger partial charge in [0.1, 0.15) is 19.0 Å². The summed E-state index contributed by atoms with van der Waals surface area (Å²) in [7, 11) is 0. The van der Waals surface area contributed by atoms with Crippen LogP contribution in [-0.4, -0.2) is 43.7 Å². The van der Waals surface area contributed by atoms with Crippen molar-refractivity contribution < 1.29 is 18.7 Å². The maximum atomic E-state index is 13.7. The third-order valence-corrected chi connectivity index (χ3v) is 5.86. The Morgan fingerprint density at radius 3 is 2.72 bits per heavy atom. The van der Waals surface area contributed by atoms with Crippen LogP contribution in [0.15, 0.2) is 42.5 Å². The number of nitrogens with one attached hydrogen (secondary N) is 1. The van der Waals surface area contributed by atoms with Crippen LogP contribution in [0.1, 0.15) is 29.5 Å². The molecule has 1 saturated heterocycles. The van der Waals surface area contributed by atoms with Crippen LogP contribution in [0.3, 0.4) is 0 Å². The molecule has 1 N–H and O–H groups in total. The van der Waals surface area contributed by atoms with E-state index in [1.165, 1.54) is 12.1 Å². The number of carbonyl (C=O) groups is 1. The van der Waals surface area contributed by atoms with Gasteiger partial charge in [-0.15, -0.1) is 12.4 Å². The summed E-state index contributed by atoms with van der Waals surface area (Å²) in [5, 5.41) is 3.33.